The van der Waals surface area contributed by atoms with E-state index in [9.17, 15) is 0 Å². The zero-order valence-electron chi connectivity index (χ0n) is 10.8. The van der Waals surface area contributed by atoms with E-state index in [4.69, 9.17) is 5.73 Å². The van der Waals surface area contributed by atoms with Crippen LogP contribution in [0.3, 0.4) is 0 Å². The van der Waals surface area contributed by atoms with Gasteiger partial charge in [0.25, 0.3) is 0 Å². The van der Waals surface area contributed by atoms with Gasteiger partial charge >= 0.3 is 0 Å². The van der Waals surface area contributed by atoms with Gasteiger partial charge in [-0.3, -0.25) is 4.68 Å². The van der Waals surface area contributed by atoms with Crippen molar-refractivity contribution in [3.05, 3.63) is 12.3 Å². The monoisotopic (exact) mass is 236 g/mol. The van der Waals surface area contributed by atoms with Gasteiger partial charge in [-0.25, -0.2) is 0 Å². The quantitative estimate of drug-likeness (QED) is 0.850. The molecule has 1 aromatic rings. The van der Waals surface area contributed by atoms with Crippen LogP contribution < -0.4 is 5.73 Å². The number of nitrogens with two attached hydrogens (primary N) is 1. The van der Waals surface area contributed by atoms with Crippen molar-refractivity contribution < 1.29 is 0 Å². The summed E-state index contributed by atoms with van der Waals surface area (Å²) in [7, 11) is 0. The molecular weight excluding hydrogens is 212 g/mol. The van der Waals surface area contributed by atoms with Crippen molar-refractivity contribution in [1.29, 1.82) is 0 Å². The molecule has 4 nitrogen and oxygen atoms in total. The molecule has 1 aliphatic heterocycles. The van der Waals surface area contributed by atoms with Gasteiger partial charge in [0, 0.05) is 19.3 Å². The van der Waals surface area contributed by atoms with Crippen LogP contribution in [0.25, 0.3) is 0 Å². The summed E-state index contributed by atoms with van der Waals surface area (Å²) in [4.78, 5) is 2.60. The van der Waals surface area contributed by atoms with Crippen molar-refractivity contribution in [3.63, 3.8) is 0 Å². The van der Waals surface area contributed by atoms with Crippen molar-refractivity contribution in [2.24, 2.45) is 5.92 Å². The standard InChI is InChI=1S/C13H24N4/c1-2-12-5-3-7-16(11-12)8-4-9-17-10-6-13(14)15-17/h6,10,12H,2-5,7-9,11H2,1H3,(H2,14,15). The maximum absolute atomic E-state index is 5.59. The summed E-state index contributed by atoms with van der Waals surface area (Å²) in [5.41, 5.74) is 5.59. The lowest BCUT2D eigenvalue weighted by Crippen LogP contribution is -2.36. The van der Waals surface area contributed by atoms with Crippen LogP contribution in [-0.2, 0) is 6.54 Å². The van der Waals surface area contributed by atoms with Crippen LogP contribution in [0.5, 0.6) is 0 Å². The summed E-state index contributed by atoms with van der Waals surface area (Å²) in [6.07, 6.45) is 7.24. The molecule has 96 valence electrons. The highest BCUT2D eigenvalue weighted by Gasteiger charge is 2.17. The molecule has 1 aromatic heterocycles. The van der Waals surface area contributed by atoms with Crippen LogP contribution in [0, 0.1) is 5.92 Å². The molecule has 0 bridgehead atoms. The zero-order valence-corrected chi connectivity index (χ0v) is 10.8. The molecule has 4 heteroatoms. The number of aromatic nitrogens is 2. The summed E-state index contributed by atoms with van der Waals surface area (Å²) in [5.74, 6) is 1.54. The van der Waals surface area contributed by atoms with Crippen LogP contribution in [0.4, 0.5) is 5.82 Å². The number of anilines is 1. The Morgan fingerprint density at radius 1 is 1.47 bits per heavy atom. The van der Waals surface area contributed by atoms with Gasteiger partial charge in [-0.2, -0.15) is 5.10 Å². The lowest BCUT2D eigenvalue weighted by molar-refractivity contribution is 0.167. The average Bonchev–Trinajstić information content (AvgIpc) is 2.75. The van der Waals surface area contributed by atoms with Gasteiger partial charge in [0.15, 0.2) is 0 Å². The lowest BCUT2D eigenvalue weighted by atomic mass is 9.95. The third kappa shape index (κ3) is 3.73. The van der Waals surface area contributed by atoms with Crippen molar-refractivity contribution in [1.82, 2.24) is 14.7 Å². The normalized spacial score (nSPS) is 21.8. The molecule has 0 amide bonds. The van der Waals surface area contributed by atoms with Gasteiger partial charge in [-0.05, 0) is 44.3 Å². The molecule has 1 unspecified atom stereocenters. The predicted octanol–water partition coefficient (Wildman–Crippen LogP) is 1.98. The Morgan fingerprint density at radius 3 is 3.06 bits per heavy atom. The average molecular weight is 236 g/mol. The molecule has 0 spiro atoms. The second kappa shape index (κ2) is 6.05. The molecular formula is C13H24N4. The molecule has 2 rings (SSSR count). The molecule has 2 heterocycles. The molecule has 0 aromatic carbocycles. The molecule has 2 N–H and O–H groups in total. The second-order valence-corrected chi connectivity index (χ2v) is 5.07. The molecule has 17 heavy (non-hydrogen) atoms. The number of hydrogen-bond donors (Lipinski definition) is 1. The minimum absolute atomic E-state index is 0.619. The van der Waals surface area contributed by atoms with E-state index in [0.29, 0.717) is 5.82 Å². The number of aryl methyl sites for hydroxylation is 1. The molecule has 0 aliphatic carbocycles. The second-order valence-electron chi connectivity index (χ2n) is 5.07. The van der Waals surface area contributed by atoms with E-state index in [0.717, 1.165) is 18.9 Å². The predicted molar refractivity (Wildman–Crippen MR) is 70.7 cm³/mol. The third-order valence-corrected chi connectivity index (χ3v) is 3.70. The summed E-state index contributed by atoms with van der Waals surface area (Å²) in [6, 6.07) is 1.86. The smallest absolute Gasteiger partial charge is 0.145 e. The summed E-state index contributed by atoms with van der Waals surface area (Å²) in [5, 5.41) is 4.20. The highest BCUT2D eigenvalue weighted by molar-refractivity contribution is 5.23. The maximum atomic E-state index is 5.59. The third-order valence-electron chi connectivity index (χ3n) is 3.70. The van der Waals surface area contributed by atoms with Gasteiger partial charge in [-0.15, -0.1) is 0 Å². The van der Waals surface area contributed by atoms with Crippen LogP contribution in [0.1, 0.15) is 32.6 Å². The van der Waals surface area contributed by atoms with Crippen molar-refractivity contribution in [2.75, 3.05) is 25.4 Å². The first kappa shape index (κ1) is 12.4. The number of piperidine rings is 1. The van der Waals surface area contributed by atoms with Gasteiger partial charge in [0.05, 0.1) is 0 Å². The lowest BCUT2D eigenvalue weighted by Gasteiger charge is -2.32. The highest BCUT2D eigenvalue weighted by atomic mass is 15.3. The number of nitrogen functional groups attached to an aromatic ring is 1. The van der Waals surface area contributed by atoms with E-state index in [1.165, 1.54) is 38.9 Å². The highest BCUT2D eigenvalue weighted by Crippen LogP contribution is 2.19. The fraction of sp³-hybridized carbons (Fsp3) is 0.769. The SMILES string of the molecule is CCC1CCCN(CCCn2ccc(N)n2)C1. The van der Waals surface area contributed by atoms with Crippen LogP contribution in [-0.4, -0.2) is 34.3 Å². The van der Waals surface area contributed by atoms with Crippen molar-refractivity contribution >= 4 is 5.82 Å². The fourth-order valence-electron chi connectivity index (χ4n) is 2.65. The van der Waals surface area contributed by atoms with Crippen LogP contribution in [0.2, 0.25) is 0 Å². The Morgan fingerprint density at radius 2 is 2.35 bits per heavy atom. The van der Waals surface area contributed by atoms with Gasteiger partial charge < -0.3 is 10.6 Å². The Bertz CT molecular complexity index is 334. The van der Waals surface area contributed by atoms with E-state index in [-0.39, 0.29) is 0 Å². The van der Waals surface area contributed by atoms with Crippen molar-refractivity contribution in [3.8, 4) is 0 Å². The number of nitrogens with zero attached hydrogens (tertiary/aromatic N) is 3. The van der Waals surface area contributed by atoms with Crippen LogP contribution in [0.15, 0.2) is 12.3 Å². The summed E-state index contributed by atoms with van der Waals surface area (Å²) in [6.45, 7) is 7.04. The molecule has 0 radical (unpaired) electrons. The van der Waals surface area contributed by atoms with E-state index >= 15 is 0 Å². The van der Waals surface area contributed by atoms with Crippen molar-refractivity contribution in [2.45, 2.75) is 39.2 Å². The van der Waals surface area contributed by atoms with Crippen LogP contribution >= 0.6 is 0 Å². The molecule has 1 atom stereocenters. The van der Waals surface area contributed by atoms with Gasteiger partial charge in [-0.1, -0.05) is 13.3 Å². The molecule has 1 aliphatic rings. The Hall–Kier alpha value is -1.03. The Kier molecular flexibility index (Phi) is 4.42. The van der Waals surface area contributed by atoms with Gasteiger partial charge in [0.1, 0.15) is 5.82 Å². The van der Waals surface area contributed by atoms with E-state index in [2.05, 4.69) is 16.9 Å². The van der Waals surface area contributed by atoms with Gasteiger partial charge in [0.2, 0.25) is 0 Å². The number of rotatable bonds is 5. The molecule has 1 fully saturated rings. The van der Waals surface area contributed by atoms with E-state index in [1.54, 1.807) is 0 Å². The van der Waals surface area contributed by atoms with E-state index < -0.39 is 0 Å². The first-order valence-corrected chi connectivity index (χ1v) is 6.79. The van der Waals surface area contributed by atoms with E-state index in [1.807, 2.05) is 16.9 Å². The Labute approximate surface area is 104 Å². The number of likely N-dealkylation sites (tertiary alicyclic amines) is 1. The topological polar surface area (TPSA) is 47.1 Å². The maximum Gasteiger partial charge on any atom is 0.145 e. The fourth-order valence-corrected chi connectivity index (χ4v) is 2.65. The first-order valence-electron chi connectivity index (χ1n) is 6.79. The first-order chi connectivity index (χ1) is 8.28. The largest absolute Gasteiger partial charge is 0.382 e. The zero-order chi connectivity index (χ0) is 12.1. The minimum Gasteiger partial charge on any atom is -0.382 e. The molecule has 1 saturated heterocycles. The number of hydrogen-bond acceptors (Lipinski definition) is 3. The Balaban J connectivity index is 1.68. The minimum atomic E-state index is 0.619. The summed E-state index contributed by atoms with van der Waals surface area (Å²) < 4.78 is 1.94. The molecule has 0 saturated carbocycles. The summed E-state index contributed by atoms with van der Waals surface area (Å²) >= 11 is 0.